The molecule has 19 heavy (non-hydrogen) atoms. The highest BCUT2D eigenvalue weighted by Gasteiger charge is 2.40. The molecule has 6 heteroatoms. The molecule has 1 aromatic carbocycles. The van der Waals surface area contributed by atoms with Crippen molar-refractivity contribution in [1.82, 2.24) is 0 Å². The van der Waals surface area contributed by atoms with E-state index < -0.39 is 19.2 Å². The summed E-state index contributed by atoms with van der Waals surface area (Å²) in [5.74, 6) is -0.415. The lowest BCUT2D eigenvalue weighted by atomic mass is 10.2. The van der Waals surface area contributed by atoms with Gasteiger partial charge in [-0.1, -0.05) is 20.8 Å². The molecule has 1 rings (SSSR count). The number of nitro groups is 1. The Morgan fingerprint density at radius 1 is 1.21 bits per heavy atom. The lowest BCUT2D eigenvalue weighted by Crippen LogP contribution is -2.42. The van der Waals surface area contributed by atoms with Gasteiger partial charge in [-0.3, -0.25) is 10.1 Å². The Kier molecular flexibility index (Phi) is 4.14. The molecular weight excluding hydrogens is 262 g/mol. The lowest BCUT2D eigenvalue weighted by molar-refractivity contribution is -0.384. The van der Waals surface area contributed by atoms with Gasteiger partial charge in [-0.05, 0) is 30.3 Å². The van der Waals surface area contributed by atoms with Crippen molar-refractivity contribution in [3.63, 3.8) is 0 Å². The Morgan fingerprint density at radius 2 is 1.68 bits per heavy atom. The van der Waals surface area contributed by atoms with E-state index in [0.29, 0.717) is 5.56 Å². The molecule has 0 bridgehead atoms. The van der Waals surface area contributed by atoms with E-state index in [2.05, 4.69) is 0 Å². The van der Waals surface area contributed by atoms with Gasteiger partial charge in [0.1, 0.15) is 0 Å². The van der Waals surface area contributed by atoms with Crippen LogP contribution in [0.3, 0.4) is 0 Å². The van der Waals surface area contributed by atoms with Crippen molar-refractivity contribution < 1.29 is 14.1 Å². The van der Waals surface area contributed by atoms with E-state index in [1.807, 2.05) is 33.9 Å². The third-order valence-electron chi connectivity index (χ3n) is 3.47. The molecule has 0 saturated heterocycles. The molecule has 0 spiro atoms. The van der Waals surface area contributed by atoms with Gasteiger partial charge in [-0.15, -0.1) is 0 Å². The van der Waals surface area contributed by atoms with Crippen LogP contribution in [-0.2, 0) is 4.43 Å². The second-order valence-electron chi connectivity index (χ2n) is 5.95. The second-order valence-corrected chi connectivity index (χ2v) is 10.7. The first-order valence-corrected chi connectivity index (χ1v) is 8.93. The topological polar surface area (TPSA) is 69.4 Å². The van der Waals surface area contributed by atoms with Gasteiger partial charge < -0.3 is 4.43 Å². The Labute approximate surface area is 113 Å². The summed E-state index contributed by atoms with van der Waals surface area (Å²) in [5.41, 5.74) is 0.305. The van der Waals surface area contributed by atoms with Crippen LogP contribution in [-0.4, -0.2) is 19.2 Å². The largest absolute Gasteiger partial charge is 0.516 e. The van der Waals surface area contributed by atoms with Crippen molar-refractivity contribution in [2.45, 2.75) is 38.9 Å². The number of carbonyl (C=O) groups is 1. The fourth-order valence-electron chi connectivity index (χ4n) is 1.16. The first-order valence-electron chi connectivity index (χ1n) is 6.02. The Hall–Kier alpha value is -1.69. The lowest BCUT2D eigenvalue weighted by Gasteiger charge is -2.35. The zero-order valence-corrected chi connectivity index (χ0v) is 12.9. The van der Waals surface area contributed by atoms with Crippen LogP contribution in [0.4, 0.5) is 5.69 Å². The summed E-state index contributed by atoms with van der Waals surface area (Å²) < 4.78 is 5.62. The van der Waals surface area contributed by atoms with E-state index in [0.717, 1.165) is 0 Å². The molecule has 5 nitrogen and oxygen atoms in total. The van der Waals surface area contributed by atoms with Gasteiger partial charge in [0.05, 0.1) is 10.5 Å². The molecule has 0 aliphatic rings. The number of non-ortho nitro benzene ring substituents is 1. The number of rotatable bonds is 3. The van der Waals surface area contributed by atoms with E-state index in [-0.39, 0.29) is 10.7 Å². The summed E-state index contributed by atoms with van der Waals surface area (Å²) in [5, 5.41) is 10.5. The average molecular weight is 281 g/mol. The van der Waals surface area contributed by atoms with Crippen LogP contribution in [0.15, 0.2) is 24.3 Å². The molecule has 0 unspecified atom stereocenters. The molecular formula is C13H19NO4Si. The van der Waals surface area contributed by atoms with Crippen LogP contribution < -0.4 is 0 Å². The maximum absolute atomic E-state index is 12.0. The first kappa shape index (κ1) is 15.4. The van der Waals surface area contributed by atoms with Gasteiger partial charge in [-0.2, -0.15) is 0 Å². The van der Waals surface area contributed by atoms with Crippen LogP contribution in [0.2, 0.25) is 18.1 Å². The van der Waals surface area contributed by atoms with E-state index in [4.69, 9.17) is 4.43 Å². The number of benzene rings is 1. The third-order valence-corrected chi connectivity index (χ3v) is 7.78. The van der Waals surface area contributed by atoms with Crippen LogP contribution >= 0.6 is 0 Å². The highest BCUT2D eigenvalue weighted by molar-refractivity contribution is 6.75. The molecule has 0 fully saturated rings. The Morgan fingerprint density at radius 3 is 2.05 bits per heavy atom. The molecule has 0 saturated carbocycles. The van der Waals surface area contributed by atoms with Crippen molar-refractivity contribution in [3.8, 4) is 0 Å². The number of nitro benzene ring substituents is 1. The molecule has 0 aliphatic heterocycles. The number of nitrogens with zero attached hydrogens (tertiary/aromatic N) is 1. The quantitative estimate of drug-likeness (QED) is 0.480. The molecule has 104 valence electrons. The minimum absolute atomic E-state index is 0.0381. The van der Waals surface area contributed by atoms with Gasteiger partial charge in [-0.25, -0.2) is 4.79 Å². The maximum atomic E-state index is 12.0. The van der Waals surface area contributed by atoms with E-state index in [9.17, 15) is 14.9 Å². The Bertz CT molecular complexity index is 488. The molecule has 0 heterocycles. The van der Waals surface area contributed by atoms with Crippen molar-refractivity contribution in [3.05, 3.63) is 39.9 Å². The van der Waals surface area contributed by atoms with Crippen LogP contribution in [0, 0.1) is 10.1 Å². The number of hydrogen-bond donors (Lipinski definition) is 0. The zero-order valence-electron chi connectivity index (χ0n) is 11.9. The minimum atomic E-state index is -2.17. The van der Waals surface area contributed by atoms with E-state index in [1.165, 1.54) is 24.3 Å². The van der Waals surface area contributed by atoms with Gasteiger partial charge >= 0.3 is 5.97 Å². The van der Waals surface area contributed by atoms with Crippen LogP contribution in [0.5, 0.6) is 0 Å². The monoisotopic (exact) mass is 281 g/mol. The number of hydrogen-bond acceptors (Lipinski definition) is 4. The fraction of sp³-hybridized carbons (Fsp3) is 0.462. The number of carbonyl (C=O) groups excluding carboxylic acids is 1. The molecule has 0 aromatic heterocycles. The van der Waals surface area contributed by atoms with Crippen molar-refractivity contribution in [1.29, 1.82) is 0 Å². The maximum Gasteiger partial charge on any atom is 0.324 e. The first-order chi connectivity index (χ1) is 8.54. The molecule has 0 amide bonds. The van der Waals surface area contributed by atoms with Crippen molar-refractivity contribution in [2.75, 3.05) is 0 Å². The van der Waals surface area contributed by atoms with E-state index in [1.54, 1.807) is 0 Å². The molecule has 0 N–H and O–H groups in total. The van der Waals surface area contributed by atoms with Gasteiger partial charge in [0.2, 0.25) is 0 Å². The molecule has 0 radical (unpaired) electrons. The smallest absolute Gasteiger partial charge is 0.324 e. The Balaban J connectivity index is 2.88. The summed E-state index contributed by atoms with van der Waals surface area (Å²) in [6, 6.07) is 5.46. The van der Waals surface area contributed by atoms with Crippen molar-refractivity contribution >= 4 is 20.0 Å². The van der Waals surface area contributed by atoms with E-state index >= 15 is 0 Å². The standard InChI is InChI=1S/C13H19NO4Si/c1-13(2,3)19(4,5)18-12(15)10-6-8-11(9-7-10)14(16)17/h6-9H,1-5H3. The SMILES string of the molecule is CC(C)(C)[Si](C)(C)OC(=O)c1ccc([N+](=O)[O-])cc1. The second kappa shape index (κ2) is 5.12. The molecule has 0 atom stereocenters. The van der Waals surface area contributed by atoms with Crippen LogP contribution in [0.25, 0.3) is 0 Å². The predicted molar refractivity (Wildman–Crippen MR) is 75.7 cm³/mol. The average Bonchev–Trinajstić information content (AvgIpc) is 2.27. The summed E-state index contributed by atoms with van der Waals surface area (Å²) in [6.07, 6.45) is 0. The van der Waals surface area contributed by atoms with Crippen molar-refractivity contribution in [2.24, 2.45) is 0 Å². The summed E-state index contributed by atoms with van der Waals surface area (Å²) in [7, 11) is -2.17. The molecule has 0 aliphatic carbocycles. The highest BCUT2D eigenvalue weighted by Crippen LogP contribution is 2.37. The third kappa shape index (κ3) is 3.63. The summed E-state index contributed by atoms with van der Waals surface area (Å²) >= 11 is 0. The van der Waals surface area contributed by atoms with Gasteiger partial charge in [0.15, 0.2) is 0 Å². The summed E-state index contributed by atoms with van der Waals surface area (Å²) in [4.78, 5) is 22.1. The zero-order chi connectivity index (χ0) is 14.8. The van der Waals surface area contributed by atoms with Gasteiger partial charge in [0, 0.05) is 12.1 Å². The fourth-order valence-corrected chi connectivity index (χ4v) is 2.05. The highest BCUT2D eigenvalue weighted by atomic mass is 28.4. The minimum Gasteiger partial charge on any atom is -0.516 e. The van der Waals surface area contributed by atoms with Gasteiger partial charge in [0.25, 0.3) is 14.0 Å². The van der Waals surface area contributed by atoms with Crippen LogP contribution in [0.1, 0.15) is 31.1 Å². The molecule has 1 aromatic rings. The normalized spacial score (nSPS) is 12.1. The predicted octanol–water partition coefficient (Wildman–Crippen LogP) is 3.76. The summed E-state index contributed by atoms with van der Waals surface area (Å²) in [6.45, 7) is 10.1.